The molecule has 2 aromatic carbocycles. The van der Waals surface area contributed by atoms with Crippen molar-refractivity contribution in [1.82, 2.24) is 4.98 Å². The summed E-state index contributed by atoms with van der Waals surface area (Å²) in [4.78, 5) is 16.6. The quantitative estimate of drug-likeness (QED) is 0.735. The lowest BCUT2D eigenvalue weighted by molar-refractivity contribution is -0.115. The zero-order valence-electron chi connectivity index (χ0n) is 13.9. The van der Waals surface area contributed by atoms with Gasteiger partial charge in [-0.25, -0.2) is 9.37 Å². The summed E-state index contributed by atoms with van der Waals surface area (Å²) < 4.78 is 18.7. The van der Waals surface area contributed by atoms with E-state index in [0.717, 1.165) is 11.3 Å². The predicted molar refractivity (Wildman–Crippen MR) is 97.6 cm³/mol. The number of methoxy groups -OCH3 is 1. The smallest absolute Gasteiger partial charge is 0.231 e. The van der Waals surface area contributed by atoms with Crippen LogP contribution in [0.1, 0.15) is 10.6 Å². The molecule has 0 spiro atoms. The van der Waals surface area contributed by atoms with Gasteiger partial charge in [-0.1, -0.05) is 12.1 Å². The number of rotatable bonds is 5. The summed E-state index contributed by atoms with van der Waals surface area (Å²) in [6.07, 6.45) is 0.178. The predicted octanol–water partition coefficient (Wildman–Crippen LogP) is 4.45. The van der Waals surface area contributed by atoms with Gasteiger partial charge in [-0.05, 0) is 42.8 Å². The topological polar surface area (TPSA) is 51.2 Å². The highest BCUT2D eigenvalue weighted by Gasteiger charge is 2.11. The Balaban J connectivity index is 1.69. The van der Waals surface area contributed by atoms with Crippen molar-refractivity contribution < 1.29 is 13.9 Å². The Kier molecular flexibility index (Phi) is 5.09. The largest absolute Gasteiger partial charge is 0.494 e. The van der Waals surface area contributed by atoms with Crippen molar-refractivity contribution in [2.75, 3.05) is 12.4 Å². The fraction of sp³-hybridized carbons (Fsp3) is 0.158. The molecule has 0 fully saturated rings. The molecule has 6 heteroatoms. The zero-order chi connectivity index (χ0) is 17.8. The van der Waals surface area contributed by atoms with Gasteiger partial charge in [0.05, 0.1) is 19.2 Å². The van der Waals surface area contributed by atoms with E-state index in [1.807, 2.05) is 36.6 Å². The molecule has 0 aliphatic heterocycles. The molecule has 1 amide bonds. The van der Waals surface area contributed by atoms with Gasteiger partial charge >= 0.3 is 0 Å². The zero-order valence-corrected chi connectivity index (χ0v) is 14.7. The number of hydrogen-bond acceptors (Lipinski definition) is 4. The number of aromatic nitrogens is 1. The van der Waals surface area contributed by atoms with Crippen molar-refractivity contribution in [1.29, 1.82) is 0 Å². The molecule has 0 aliphatic rings. The standard InChI is InChI=1S/C19H17FN2O2S/c1-12-4-3-5-14(8-12)21-18(23)10-19-22-16(11-25-19)13-6-7-17(24-2)15(20)9-13/h3-9,11H,10H2,1-2H3,(H,21,23). The van der Waals surface area contributed by atoms with Gasteiger partial charge < -0.3 is 10.1 Å². The van der Waals surface area contributed by atoms with Crippen molar-refractivity contribution in [2.45, 2.75) is 13.3 Å². The first kappa shape index (κ1) is 17.1. The van der Waals surface area contributed by atoms with Gasteiger partial charge in [-0.2, -0.15) is 0 Å². The Bertz CT molecular complexity index is 908. The van der Waals surface area contributed by atoms with E-state index >= 15 is 0 Å². The van der Waals surface area contributed by atoms with E-state index < -0.39 is 5.82 Å². The molecule has 0 radical (unpaired) electrons. The number of thiazole rings is 1. The molecule has 0 aliphatic carbocycles. The molecule has 128 valence electrons. The third-order valence-corrected chi connectivity index (χ3v) is 4.46. The van der Waals surface area contributed by atoms with Crippen LogP contribution in [0.5, 0.6) is 5.75 Å². The van der Waals surface area contributed by atoms with Gasteiger partial charge in [-0.3, -0.25) is 4.79 Å². The second kappa shape index (κ2) is 7.44. The summed E-state index contributed by atoms with van der Waals surface area (Å²) in [5.41, 5.74) is 3.14. The molecular weight excluding hydrogens is 339 g/mol. The van der Waals surface area contributed by atoms with Gasteiger partial charge in [0.25, 0.3) is 0 Å². The van der Waals surface area contributed by atoms with E-state index in [9.17, 15) is 9.18 Å². The molecule has 0 atom stereocenters. The van der Waals surface area contributed by atoms with E-state index in [1.54, 1.807) is 12.1 Å². The van der Waals surface area contributed by atoms with Crippen molar-refractivity contribution in [3.8, 4) is 17.0 Å². The summed E-state index contributed by atoms with van der Waals surface area (Å²) in [7, 11) is 1.42. The summed E-state index contributed by atoms with van der Waals surface area (Å²) in [5.74, 6) is -0.379. The van der Waals surface area contributed by atoms with Crippen LogP contribution in [0.15, 0.2) is 47.8 Å². The summed E-state index contributed by atoms with van der Waals surface area (Å²) in [6, 6.07) is 12.3. The van der Waals surface area contributed by atoms with Crippen molar-refractivity contribution >= 4 is 22.9 Å². The molecule has 0 saturated heterocycles. The fourth-order valence-electron chi connectivity index (χ4n) is 2.42. The summed E-state index contributed by atoms with van der Waals surface area (Å²) >= 11 is 1.38. The van der Waals surface area contributed by atoms with E-state index in [-0.39, 0.29) is 18.1 Å². The molecule has 0 saturated carbocycles. The second-order valence-corrected chi connectivity index (χ2v) is 6.51. The van der Waals surface area contributed by atoms with Crippen LogP contribution < -0.4 is 10.1 Å². The summed E-state index contributed by atoms with van der Waals surface area (Å²) in [5, 5.41) is 5.35. The Morgan fingerprint density at radius 1 is 1.28 bits per heavy atom. The van der Waals surface area contributed by atoms with Crippen LogP contribution >= 0.6 is 11.3 Å². The highest BCUT2D eigenvalue weighted by Crippen LogP contribution is 2.27. The minimum absolute atomic E-state index is 0.132. The first-order valence-electron chi connectivity index (χ1n) is 7.70. The summed E-state index contributed by atoms with van der Waals surface area (Å²) in [6.45, 7) is 1.97. The molecule has 0 unspecified atom stereocenters. The number of nitrogens with zero attached hydrogens (tertiary/aromatic N) is 1. The Hall–Kier alpha value is -2.73. The Morgan fingerprint density at radius 3 is 2.84 bits per heavy atom. The van der Waals surface area contributed by atoms with Crippen LogP contribution in [0.4, 0.5) is 10.1 Å². The van der Waals surface area contributed by atoms with Crippen LogP contribution in [0.2, 0.25) is 0 Å². The number of benzene rings is 2. The van der Waals surface area contributed by atoms with Crippen molar-refractivity contribution in [3.63, 3.8) is 0 Å². The number of hydrogen-bond donors (Lipinski definition) is 1. The maximum absolute atomic E-state index is 13.8. The van der Waals surface area contributed by atoms with Crippen molar-refractivity contribution in [3.05, 3.63) is 64.2 Å². The van der Waals surface area contributed by atoms with Crippen LogP contribution in [-0.4, -0.2) is 18.0 Å². The van der Waals surface area contributed by atoms with Gasteiger partial charge in [-0.15, -0.1) is 11.3 Å². The maximum Gasteiger partial charge on any atom is 0.231 e. The number of anilines is 1. The van der Waals surface area contributed by atoms with E-state index in [1.165, 1.54) is 24.5 Å². The molecule has 25 heavy (non-hydrogen) atoms. The Morgan fingerprint density at radius 2 is 2.12 bits per heavy atom. The average Bonchev–Trinajstić information content (AvgIpc) is 3.03. The first-order chi connectivity index (χ1) is 12.0. The lowest BCUT2D eigenvalue weighted by Gasteiger charge is -2.04. The molecular formula is C19H17FN2O2S. The Labute approximate surface area is 149 Å². The van der Waals surface area contributed by atoms with Crippen molar-refractivity contribution in [2.24, 2.45) is 0 Å². The normalized spacial score (nSPS) is 10.5. The molecule has 3 rings (SSSR count). The molecule has 1 N–H and O–H groups in total. The van der Waals surface area contributed by atoms with Gasteiger partial charge in [0.15, 0.2) is 11.6 Å². The van der Waals surface area contributed by atoms with Crippen LogP contribution in [0.25, 0.3) is 11.3 Å². The lowest BCUT2D eigenvalue weighted by Crippen LogP contribution is -2.14. The highest BCUT2D eigenvalue weighted by atomic mass is 32.1. The minimum atomic E-state index is -0.438. The molecule has 3 aromatic rings. The van der Waals surface area contributed by atoms with E-state index in [4.69, 9.17) is 4.74 Å². The number of nitrogens with one attached hydrogen (secondary N) is 1. The monoisotopic (exact) mass is 356 g/mol. The number of amides is 1. The molecule has 1 aromatic heterocycles. The van der Waals surface area contributed by atoms with Crippen LogP contribution in [-0.2, 0) is 11.2 Å². The molecule has 4 nitrogen and oxygen atoms in total. The highest BCUT2D eigenvalue weighted by molar-refractivity contribution is 7.10. The van der Waals surface area contributed by atoms with E-state index in [2.05, 4.69) is 10.3 Å². The first-order valence-corrected chi connectivity index (χ1v) is 8.58. The third kappa shape index (κ3) is 4.22. The van der Waals surface area contributed by atoms with Gasteiger partial charge in [0, 0.05) is 16.6 Å². The van der Waals surface area contributed by atoms with Gasteiger partial charge in [0.2, 0.25) is 5.91 Å². The van der Waals surface area contributed by atoms with Crippen LogP contribution in [0, 0.1) is 12.7 Å². The molecule has 1 heterocycles. The maximum atomic E-state index is 13.8. The SMILES string of the molecule is COc1ccc(-c2csc(CC(=O)Nc3cccc(C)c3)n2)cc1F. The minimum Gasteiger partial charge on any atom is -0.494 e. The molecule has 0 bridgehead atoms. The van der Waals surface area contributed by atoms with E-state index in [0.29, 0.717) is 16.3 Å². The third-order valence-electron chi connectivity index (χ3n) is 3.61. The number of ether oxygens (including phenoxy) is 1. The number of carbonyl (C=O) groups excluding carboxylic acids is 1. The fourth-order valence-corrected chi connectivity index (χ4v) is 3.22. The van der Waals surface area contributed by atoms with Crippen LogP contribution in [0.3, 0.4) is 0 Å². The number of aryl methyl sites for hydroxylation is 1. The average molecular weight is 356 g/mol. The number of halogens is 1. The van der Waals surface area contributed by atoms with Gasteiger partial charge in [0.1, 0.15) is 5.01 Å². The lowest BCUT2D eigenvalue weighted by atomic mass is 10.1. The second-order valence-electron chi connectivity index (χ2n) is 5.57. The number of carbonyl (C=O) groups is 1.